The van der Waals surface area contributed by atoms with Gasteiger partial charge in [0.2, 0.25) is 0 Å². The van der Waals surface area contributed by atoms with Gasteiger partial charge in [-0.2, -0.15) is 0 Å². The van der Waals surface area contributed by atoms with Crippen LogP contribution >= 0.6 is 0 Å². The molecule has 20 heavy (non-hydrogen) atoms. The first kappa shape index (κ1) is 15.5. The molecule has 1 aromatic carbocycles. The zero-order chi connectivity index (χ0) is 14.5. The number of nitrogens with zero attached hydrogens (tertiary/aromatic N) is 1. The highest BCUT2D eigenvalue weighted by Crippen LogP contribution is 2.33. The largest absolute Gasteiger partial charge is 0.329 e. The number of piperidine rings is 1. The Morgan fingerprint density at radius 2 is 1.95 bits per heavy atom. The van der Waals surface area contributed by atoms with Gasteiger partial charge in [-0.1, -0.05) is 45.0 Å². The van der Waals surface area contributed by atoms with Crippen molar-refractivity contribution < 1.29 is 0 Å². The molecule has 0 aromatic heterocycles. The highest BCUT2D eigenvalue weighted by molar-refractivity contribution is 5.25. The number of rotatable bonds is 5. The van der Waals surface area contributed by atoms with E-state index < -0.39 is 0 Å². The second-order valence-electron chi connectivity index (χ2n) is 6.18. The standard InChI is InChI=1S/C18H30N2/c1-4-15-8-10-16(11-9-15)17(5-2)20-12-6-7-14(3)18(20)13-19/h8-11,14,17-18H,4-7,12-13,19H2,1-3H3. The fourth-order valence-corrected chi connectivity index (χ4v) is 3.67. The number of hydrogen-bond donors (Lipinski definition) is 1. The fraction of sp³-hybridized carbons (Fsp3) is 0.667. The molecule has 2 heteroatoms. The normalized spacial score (nSPS) is 25.6. The molecule has 0 amide bonds. The van der Waals surface area contributed by atoms with Crippen LogP contribution in [0.4, 0.5) is 0 Å². The molecule has 2 nitrogen and oxygen atoms in total. The molecule has 3 unspecified atom stereocenters. The van der Waals surface area contributed by atoms with Gasteiger partial charge in [0.05, 0.1) is 0 Å². The van der Waals surface area contributed by atoms with E-state index in [4.69, 9.17) is 5.73 Å². The van der Waals surface area contributed by atoms with E-state index >= 15 is 0 Å². The number of likely N-dealkylation sites (tertiary alicyclic amines) is 1. The second-order valence-corrected chi connectivity index (χ2v) is 6.18. The van der Waals surface area contributed by atoms with Gasteiger partial charge in [-0.25, -0.2) is 0 Å². The summed E-state index contributed by atoms with van der Waals surface area (Å²) in [6.07, 6.45) is 4.91. The smallest absolute Gasteiger partial charge is 0.0349 e. The number of nitrogens with two attached hydrogens (primary N) is 1. The van der Waals surface area contributed by atoms with E-state index in [-0.39, 0.29) is 0 Å². The predicted octanol–water partition coefficient (Wildman–Crippen LogP) is 3.76. The van der Waals surface area contributed by atoms with Gasteiger partial charge in [-0.05, 0) is 49.3 Å². The number of hydrogen-bond acceptors (Lipinski definition) is 2. The van der Waals surface area contributed by atoms with Crippen molar-refractivity contribution in [1.29, 1.82) is 0 Å². The molecular weight excluding hydrogens is 244 g/mol. The first-order valence-corrected chi connectivity index (χ1v) is 8.25. The summed E-state index contributed by atoms with van der Waals surface area (Å²) in [5.41, 5.74) is 8.94. The second kappa shape index (κ2) is 7.24. The third-order valence-electron chi connectivity index (χ3n) is 4.96. The van der Waals surface area contributed by atoms with Crippen LogP contribution in [0, 0.1) is 5.92 Å². The van der Waals surface area contributed by atoms with E-state index in [1.54, 1.807) is 0 Å². The molecule has 112 valence electrons. The molecule has 2 rings (SSSR count). The third-order valence-corrected chi connectivity index (χ3v) is 4.96. The summed E-state index contributed by atoms with van der Waals surface area (Å²) in [5.74, 6) is 0.720. The van der Waals surface area contributed by atoms with Crippen LogP contribution in [0.15, 0.2) is 24.3 Å². The topological polar surface area (TPSA) is 29.3 Å². The number of aryl methyl sites for hydroxylation is 1. The van der Waals surface area contributed by atoms with E-state index in [0.717, 1.165) is 25.3 Å². The Hall–Kier alpha value is -0.860. The van der Waals surface area contributed by atoms with E-state index in [9.17, 15) is 0 Å². The first-order valence-electron chi connectivity index (χ1n) is 8.25. The summed E-state index contributed by atoms with van der Waals surface area (Å²) in [6.45, 7) is 8.84. The van der Waals surface area contributed by atoms with Crippen molar-refractivity contribution in [1.82, 2.24) is 4.90 Å². The van der Waals surface area contributed by atoms with Gasteiger partial charge >= 0.3 is 0 Å². The Labute approximate surface area is 124 Å². The molecule has 0 spiro atoms. The summed E-state index contributed by atoms with van der Waals surface area (Å²) in [7, 11) is 0. The zero-order valence-electron chi connectivity index (χ0n) is 13.3. The minimum Gasteiger partial charge on any atom is -0.329 e. The molecule has 1 heterocycles. The van der Waals surface area contributed by atoms with Crippen molar-refractivity contribution in [3.8, 4) is 0 Å². The maximum Gasteiger partial charge on any atom is 0.0349 e. The molecular formula is C18H30N2. The molecule has 3 atom stereocenters. The van der Waals surface area contributed by atoms with Crippen LogP contribution < -0.4 is 5.73 Å². The molecule has 1 aliphatic heterocycles. The molecule has 1 saturated heterocycles. The van der Waals surface area contributed by atoms with Crippen molar-refractivity contribution >= 4 is 0 Å². The maximum absolute atomic E-state index is 6.06. The third kappa shape index (κ3) is 3.24. The lowest BCUT2D eigenvalue weighted by Gasteiger charge is -2.44. The van der Waals surface area contributed by atoms with Crippen LogP contribution in [-0.4, -0.2) is 24.0 Å². The lowest BCUT2D eigenvalue weighted by atomic mass is 9.87. The summed E-state index contributed by atoms with van der Waals surface area (Å²) in [5, 5.41) is 0. The van der Waals surface area contributed by atoms with Gasteiger partial charge < -0.3 is 5.73 Å². The van der Waals surface area contributed by atoms with Gasteiger partial charge in [0.1, 0.15) is 0 Å². The van der Waals surface area contributed by atoms with Gasteiger partial charge in [0.15, 0.2) is 0 Å². The van der Waals surface area contributed by atoms with Crippen LogP contribution in [-0.2, 0) is 6.42 Å². The fourth-order valence-electron chi connectivity index (χ4n) is 3.67. The minimum atomic E-state index is 0.525. The summed E-state index contributed by atoms with van der Waals surface area (Å²) in [6, 6.07) is 10.3. The van der Waals surface area contributed by atoms with Crippen LogP contribution in [0.2, 0.25) is 0 Å². The van der Waals surface area contributed by atoms with Crippen LogP contribution in [0.3, 0.4) is 0 Å². The summed E-state index contributed by atoms with van der Waals surface area (Å²) >= 11 is 0. The molecule has 1 aliphatic rings. The molecule has 1 fully saturated rings. The van der Waals surface area contributed by atoms with E-state index in [0.29, 0.717) is 12.1 Å². The monoisotopic (exact) mass is 274 g/mol. The molecule has 2 N–H and O–H groups in total. The molecule has 0 aliphatic carbocycles. The van der Waals surface area contributed by atoms with Gasteiger partial charge in [0.25, 0.3) is 0 Å². The molecule has 0 saturated carbocycles. The average molecular weight is 274 g/mol. The molecule has 1 aromatic rings. The highest BCUT2D eigenvalue weighted by atomic mass is 15.2. The van der Waals surface area contributed by atoms with Crippen molar-refractivity contribution in [2.45, 2.75) is 58.5 Å². The Morgan fingerprint density at radius 3 is 2.50 bits per heavy atom. The lowest BCUT2D eigenvalue weighted by molar-refractivity contribution is 0.0595. The van der Waals surface area contributed by atoms with Crippen LogP contribution in [0.25, 0.3) is 0 Å². The van der Waals surface area contributed by atoms with Crippen LogP contribution in [0.5, 0.6) is 0 Å². The van der Waals surface area contributed by atoms with Crippen molar-refractivity contribution in [3.05, 3.63) is 35.4 Å². The number of benzene rings is 1. The highest BCUT2D eigenvalue weighted by Gasteiger charge is 2.32. The Morgan fingerprint density at radius 1 is 1.25 bits per heavy atom. The quantitative estimate of drug-likeness (QED) is 0.886. The van der Waals surface area contributed by atoms with Crippen molar-refractivity contribution in [2.75, 3.05) is 13.1 Å². The van der Waals surface area contributed by atoms with Crippen molar-refractivity contribution in [2.24, 2.45) is 11.7 Å². The van der Waals surface area contributed by atoms with Crippen LogP contribution in [0.1, 0.15) is 57.2 Å². The average Bonchev–Trinajstić information content (AvgIpc) is 2.49. The molecule has 0 radical (unpaired) electrons. The summed E-state index contributed by atoms with van der Waals surface area (Å²) < 4.78 is 0. The SMILES string of the molecule is CCc1ccc(C(CC)N2CCCC(C)C2CN)cc1. The minimum absolute atomic E-state index is 0.525. The van der Waals surface area contributed by atoms with Gasteiger partial charge in [-0.3, -0.25) is 4.90 Å². The maximum atomic E-state index is 6.06. The Bertz CT molecular complexity index is 398. The Balaban J connectivity index is 2.20. The predicted molar refractivity (Wildman–Crippen MR) is 86.8 cm³/mol. The van der Waals surface area contributed by atoms with Crippen molar-refractivity contribution in [3.63, 3.8) is 0 Å². The van der Waals surface area contributed by atoms with Gasteiger partial charge in [0, 0.05) is 18.6 Å². The van der Waals surface area contributed by atoms with Gasteiger partial charge in [-0.15, -0.1) is 0 Å². The first-order chi connectivity index (χ1) is 9.71. The van der Waals surface area contributed by atoms with E-state index in [1.807, 2.05) is 0 Å². The molecule has 0 bridgehead atoms. The summed E-state index contributed by atoms with van der Waals surface area (Å²) in [4.78, 5) is 2.66. The lowest BCUT2D eigenvalue weighted by Crippen LogP contribution is -2.49. The van der Waals surface area contributed by atoms with E-state index in [2.05, 4.69) is 49.9 Å². The van der Waals surface area contributed by atoms with E-state index in [1.165, 1.54) is 30.5 Å². The Kier molecular flexibility index (Phi) is 5.62. The zero-order valence-corrected chi connectivity index (χ0v) is 13.3.